The van der Waals surface area contributed by atoms with Crippen LogP contribution in [0.2, 0.25) is 0 Å². The number of carbonyl (C=O) groups is 1. The van der Waals surface area contributed by atoms with Crippen molar-refractivity contribution in [3.63, 3.8) is 0 Å². The van der Waals surface area contributed by atoms with Crippen molar-refractivity contribution in [1.82, 2.24) is 4.98 Å². The monoisotopic (exact) mass is 316 g/mol. The first kappa shape index (κ1) is 16.5. The van der Waals surface area contributed by atoms with Gasteiger partial charge in [0.25, 0.3) is 0 Å². The second-order valence-electron chi connectivity index (χ2n) is 7.94. The van der Waals surface area contributed by atoms with E-state index in [0.29, 0.717) is 5.82 Å². The zero-order valence-corrected chi connectivity index (χ0v) is 15.0. The molecule has 0 bridgehead atoms. The number of nitrogens with one attached hydrogen (secondary N) is 1. The maximum Gasteiger partial charge on any atom is 0.496 e. The Balaban J connectivity index is 2.11. The highest BCUT2D eigenvalue weighted by atomic mass is 16.7. The fourth-order valence-corrected chi connectivity index (χ4v) is 3.26. The average molecular weight is 316 g/mol. The van der Waals surface area contributed by atoms with Crippen LogP contribution in [0.1, 0.15) is 59.6 Å². The Morgan fingerprint density at radius 2 is 1.70 bits per heavy atom. The summed E-state index contributed by atoms with van der Waals surface area (Å²) < 4.78 is 12.4. The van der Waals surface area contributed by atoms with Gasteiger partial charge in [-0.2, -0.15) is 0 Å². The number of hydrogen-bond donors (Lipinski definition) is 1. The third kappa shape index (κ3) is 2.23. The highest BCUT2D eigenvalue weighted by Crippen LogP contribution is 2.40. The van der Waals surface area contributed by atoms with Gasteiger partial charge in [0.15, 0.2) is 0 Å². The number of carbonyl (C=O) groups excluding carboxylic acids is 1. The van der Waals surface area contributed by atoms with Gasteiger partial charge >= 0.3 is 7.12 Å². The summed E-state index contributed by atoms with van der Waals surface area (Å²) in [5, 5.41) is 2.88. The highest BCUT2D eigenvalue weighted by molar-refractivity contribution is 6.62. The first-order chi connectivity index (χ1) is 10.5. The minimum atomic E-state index is -0.590. The molecule has 1 amide bonds. The van der Waals surface area contributed by atoms with Crippen LogP contribution in [-0.2, 0) is 25.9 Å². The Hall–Kier alpha value is -1.40. The van der Waals surface area contributed by atoms with E-state index in [-0.39, 0.29) is 5.91 Å². The standard InChI is InChI=1S/C17H25BN2O3/c1-8-10-11(18-22-16(4,5)17(6,7)23-18)9-19-13-12(10)15(2,3)14(21)20-13/h9H,8H2,1-7H3,(H,19,20,21). The van der Waals surface area contributed by atoms with Gasteiger partial charge in [0.2, 0.25) is 5.91 Å². The summed E-state index contributed by atoms with van der Waals surface area (Å²) in [6.07, 6.45) is 2.57. The van der Waals surface area contributed by atoms with Crippen LogP contribution >= 0.6 is 0 Å². The summed E-state index contributed by atoms with van der Waals surface area (Å²) in [5.74, 6) is 0.651. The zero-order chi connectivity index (χ0) is 17.2. The van der Waals surface area contributed by atoms with Crippen molar-refractivity contribution in [2.24, 2.45) is 0 Å². The Morgan fingerprint density at radius 1 is 1.13 bits per heavy atom. The molecule has 1 aromatic heterocycles. The Bertz CT molecular complexity index is 667. The topological polar surface area (TPSA) is 60.5 Å². The molecule has 0 radical (unpaired) electrons. The van der Waals surface area contributed by atoms with E-state index >= 15 is 0 Å². The minimum absolute atomic E-state index is 0.0132. The lowest BCUT2D eigenvalue weighted by molar-refractivity contribution is -0.119. The van der Waals surface area contributed by atoms with Crippen LogP contribution in [0.25, 0.3) is 0 Å². The van der Waals surface area contributed by atoms with Crippen molar-refractivity contribution in [2.75, 3.05) is 5.32 Å². The molecule has 0 atom stereocenters. The first-order valence-corrected chi connectivity index (χ1v) is 8.20. The van der Waals surface area contributed by atoms with E-state index in [1.807, 2.05) is 41.5 Å². The number of hydrogen-bond acceptors (Lipinski definition) is 4. The molecule has 0 aromatic carbocycles. The maximum atomic E-state index is 12.2. The Kier molecular flexibility index (Phi) is 3.44. The van der Waals surface area contributed by atoms with E-state index in [1.165, 1.54) is 0 Å². The van der Waals surface area contributed by atoms with Crippen molar-refractivity contribution in [2.45, 2.75) is 71.5 Å². The van der Waals surface area contributed by atoms with Crippen LogP contribution in [-0.4, -0.2) is 29.2 Å². The van der Waals surface area contributed by atoms with Crippen molar-refractivity contribution >= 4 is 24.3 Å². The fraction of sp³-hybridized carbons (Fsp3) is 0.647. The molecule has 0 spiro atoms. The summed E-state index contributed by atoms with van der Waals surface area (Å²) in [4.78, 5) is 16.7. The summed E-state index contributed by atoms with van der Waals surface area (Å²) in [7, 11) is -0.459. The van der Waals surface area contributed by atoms with E-state index < -0.39 is 23.7 Å². The number of nitrogens with zero attached hydrogens (tertiary/aromatic N) is 1. The number of rotatable bonds is 2. The molecular formula is C17H25BN2O3. The van der Waals surface area contributed by atoms with E-state index in [9.17, 15) is 4.79 Å². The lowest BCUT2D eigenvalue weighted by Gasteiger charge is -2.32. The van der Waals surface area contributed by atoms with Crippen LogP contribution in [0.15, 0.2) is 6.20 Å². The van der Waals surface area contributed by atoms with Crippen molar-refractivity contribution in [3.8, 4) is 0 Å². The number of anilines is 1. The lowest BCUT2D eigenvalue weighted by Crippen LogP contribution is -2.41. The molecule has 124 valence electrons. The highest BCUT2D eigenvalue weighted by Gasteiger charge is 2.53. The van der Waals surface area contributed by atoms with Gasteiger partial charge in [-0.05, 0) is 53.5 Å². The van der Waals surface area contributed by atoms with Gasteiger partial charge in [-0.15, -0.1) is 0 Å². The molecule has 1 aromatic rings. The van der Waals surface area contributed by atoms with Gasteiger partial charge in [0.1, 0.15) is 5.82 Å². The normalized spacial score (nSPS) is 23.8. The molecule has 2 aliphatic rings. The van der Waals surface area contributed by atoms with Gasteiger partial charge in [-0.3, -0.25) is 4.79 Å². The third-order valence-electron chi connectivity index (χ3n) is 5.51. The molecule has 23 heavy (non-hydrogen) atoms. The van der Waals surface area contributed by atoms with E-state index in [0.717, 1.165) is 23.0 Å². The largest absolute Gasteiger partial charge is 0.496 e. The van der Waals surface area contributed by atoms with Crippen molar-refractivity contribution in [3.05, 3.63) is 17.3 Å². The quantitative estimate of drug-likeness (QED) is 0.850. The molecule has 1 fully saturated rings. The first-order valence-electron chi connectivity index (χ1n) is 8.20. The molecule has 5 nitrogen and oxygen atoms in total. The molecule has 0 saturated carbocycles. The van der Waals surface area contributed by atoms with Crippen LogP contribution in [0.3, 0.4) is 0 Å². The lowest BCUT2D eigenvalue weighted by atomic mass is 9.72. The molecule has 0 aliphatic carbocycles. The summed E-state index contributed by atoms with van der Waals surface area (Å²) in [6, 6.07) is 0. The number of amides is 1. The minimum Gasteiger partial charge on any atom is -0.399 e. The van der Waals surface area contributed by atoms with Gasteiger partial charge < -0.3 is 14.6 Å². The predicted molar refractivity (Wildman–Crippen MR) is 91.0 cm³/mol. The summed E-state index contributed by atoms with van der Waals surface area (Å²) in [5.41, 5.74) is 1.60. The average Bonchev–Trinajstić information content (AvgIpc) is 2.79. The second kappa shape index (κ2) is 4.80. The molecule has 3 heterocycles. The molecule has 6 heteroatoms. The van der Waals surface area contributed by atoms with Gasteiger partial charge in [-0.25, -0.2) is 4.98 Å². The van der Waals surface area contributed by atoms with Crippen molar-refractivity contribution < 1.29 is 14.1 Å². The fourth-order valence-electron chi connectivity index (χ4n) is 3.26. The van der Waals surface area contributed by atoms with E-state index in [2.05, 4.69) is 17.2 Å². The molecule has 1 saturated heterocycles. The predicted octanol–water partition coefficient (Wildman–Crippen LogP) is 2.17. The Labute approximate surface area is 138 Å². The molecule has 1 N–H and O–H groups in total. The molecular weight excluding hydrogens is 291 g/mol. The maximum absolute atomic E-state index is 12.2. The zero-order valence-electron chi connectivity index (χ0n) is 15.0. The number of fused-ring (bicyclic) bond motifs is 1. The summed E-state index contributed by atoms with van der Waals surface area (Å²) in [6.45, 7) is 14.1. The number of aromatic nitrogens is 1. The van der Waals surface area contributed by atoms with Crippen LogP contribution < -0.4 is 10.8 Å². The van der Waals surface area contributed by atoms with Crippen molar-refractivity contribution in [1.29, 1.82) is 0 Å². The Morgan fingerprint density at radius 3 is 2.22 bits per heavy atom. The summed E-state index contributed by atoms with van der Waals surface area (Å²) >= 11 is 0. The van der Waals surface area contributed by atoms with Gasteiger partial charge in [0.05, 0.1) is 16.6 Å². The molecule has 3 rings (SSSR count). The molecule has 2 aliphatic heterocycles. The smallest absolute Gasteiger partial charge is 0.399 e. The molecule has 0 unspecified atom stereocenters. The van der Waals surface area contributed by atoms with Gasteiger partial charge in [-0.1, -0.05) is 6.92 Å². The van der Waals surface area contributed by atoms with Crippen LogP contribution in [0.4, 0.5) is 5.82 Å². The third-order valence-corrected chi connectivity index (χ3v) is 5.51. The van der Waals surface area contributed by atoms with Crippen LogP contribution in [0, 0.1) is 0 Å². The van der Waals surface area contributed by atoms with Crippen LogP contribution in [0.5, 0.6) is 0 Å². The second-order valence-corrected chi connectivity index (χ2v) is 7.94. The SMILES string of the molecule is CCc1c(B2OC(C)(C)C(C)(C)O2)cnc2c1C(C)(C)C(=O)N2. The number of pyridine rings is 1. The van der Waals surface area contributed by atoms with Gasteiger partial charge in [0, 0.05) is 17.2 Å². The van der Waals surface area contributed by atoms with E-state index in [4.69, 9.17) is 9.31 Å². The van der Waals surface area contributed by atoms with E-state index in [1.54, 1.807) is 6.20 Å².